The van der Waals surface area contributed by atoms with E-state index in [4.69, 9.17) is 43.9 Å². The van der Waals surface area contributed by atoms with Gasteiger partial charge in [0.15, 0.2) is 0 Å². The summed E-state index contributed by atoms with van der Waals surface area (Å²) >= 11 is 16.3. The molecule has 82 valence electrons. The molecule has 0 rings (SSSR count). The van der Waals surface area contributed by atoms with Crippen molar-refractivity contribution < 1.29 is 13.6 Å². The molecule has 0 unspecified atom stereocenters. The summed E-state index contributed by atoms with van der Waals surface area (Å²) in [4.78, 5) is 0. The van der Waals surface area contributed by atoms with E-state index in [-0.39, 0.29) is 28.9 Å². The SMILES string of the molecule is C=C(Cl)COP(=O)(CCl)OCC(=C)Cl. The smallest absolute Gasteiger partial charge is 0.302 e. The topological polar surface area (TPSA) is 35.5 Å². The molecule has 0 fully saturated rings. The summed E-state index contributed by atoms with van der Waals surface area (Å²) in [5.74, 6) is 0. The second kappa shape index (κ2) is 6.89. The molecule has 0 bridgehead atoms. The van der Waals surface area contributed by atoms with Gasteiger partial charge in [0.05, 0.1) is 13.2 Å². The zero-order chi connectivity index (χ0) is 11.2. The molecule has 0 saturated heterocycles. The molecular formula is C7H10Cl3O3P. The second-order valence-electron chi connectivity index (χ2n) is 2.31. The van der Waals surface area contributed by atoms with Crippen molar-refractivity contribution in [3.05, 3.63) is 23.2 Å². The molecule has 0 spiro atoms. The van der Waals surface area contributed by atoms with Crippen LogP contribution in [0.4, 0.5) is 0 Å². The Bertz CT molecular complexity index is 245. The van der Waals surface area contributed by atoms with Gasteiger partial charge >= 0.3 is 7.60 Å². The van der Waals surface area contributed by atoms with Gasteiger partial charge in [-0.15, -0.1) is 11.6 Å². The Morgan fingerprint density at radius 3 is 1.71 bits per heavy atom. The molecule has 0 aliphatic carbocycles. The van der Waals surface area contributed by atoms with Crippen LogP contribution < -0.4 is 0 Å². The van der Waals surface area contributed by atoms with Crippen LogP contribution in [0.1, 0.15) is 0 Å². The highest BCUT2D eigenvalue weighted by atomic mass is 35.5. The predicted octanol–water partition coefficient (Wildman–Crippen LogP) is 3.91. The number of hydrogen-bond acceptors (Lipinski definition) is 3. The molecule has 0 radical (unpaired) electrons. The van der Waals surface area contributed by atoms with E-state index >= 15 is 0 Å². The van der Waals surface area contributed by atoms with Gasteiger partial charge in [-0.2, -0.15) is 0 Å². The largest absolute Gasteiger partial charge is 0.346 e. The lowest BCUT2D eigenvalue weighted by Crippen LogP contribution is -2.00. The van der Waals surface area contributed by atoms with Gasteiger partial charge in [-0.05, 0) is 0 Å². The van der Waals surface area contributed by atoms with Gasteiger partial charge in [0.1, 0.15) is 5.62 Å². The van der Waals surface area contributed by atoms with Crippen LogP contribution in [0.3, 0.4) is 0 Å². The fourth-order valence-electron chi connectivity index (χ4n) is 0.443. The van der Waals surface area contributed by atoms with Crippen LogP contribution in [0.2, 0.25) is 0 Å². The molecule has 7 heteroatoms. The zero-order valence-electron chi connectivity index (χ0n) is 7.34. The Hall–Kier alpha value is 0.500. The first-order chi connectivity index (χ1) is 6.39. The number of rotatable bonds is 7. The summed E-state index contributed by atoms with van der Waals surface area (Å²) in [7, 11) is -3.33. The van der Waals surface area contributed by atoms with Crippen LogP contribution in [0.15, 0.2) is 23.2 Å². The first-order valence-electron chi connectivity index (χ1n) is 3.50. The van der Waals surface area contributed by atoms with Crippen molar-refractivity contribution in [1.29, 1.82) is 0 Å². The van der Waals surface area contributed by atoms with Gasteiger partial charge in [0.2, 0.25) is 0 Å². The minimum absolute atomic E-state index is 0.0830. The Balaban J connectivity index is 4.11. The van der Waals surface area contributed by atoms with Gasteiger partial charge in [0.25, 0.3) is 0 Å². The van der Waals surface area contributed by atoms with E-state index in [1.165, 1.54) is 0 Å². The van der Waals surface area contributed by atoms with Crippen molar-refractivity contribution in [2.45, 2.75) is 0 Å². The van der Waals surface area contributed by atoms with Crippen molar-refractivity contribution in [1.82, 2.24) is 0 Å². The van der Waals surface area contributed by atoms with Crippen molar-refractivity contribution in [2.75, 3.05) is 18.8 Å². The number of alkyl halides is 1. The third-order valence-electron chi connectivity index (χ3n) is 0.982. The summed E-state index contributed by atoms with van der Waals surface area (Å²) < 4.78 is 21.3. The van der Waals surface area contributed by atoms with Gasteiger partial charge in [-0.25, -0.2) is 0 Å². The Morgan fingerprint density at radius 1 is 1.14 bits per heavy atom. The quantitative estimate of drug-likeness (QED) is 0.523. The molecule has 0 aliphatic rings. The monoisotopic (exact) mass is 278 g/mol. The van der Waals surface area contributed by atoms with Gasteiger partial charge in [-0.1, -0.05) is 36.4 Å². The summed E-state index contributed by atoms with van der Waals surface area (Å²) in [5, 5.41) is 0.423. The highest BCUT2D eigenvalue weighted by molar-refractivity contribution is 7.55. The molecular weight excluding hydrogens is 269 g/mol. The molecule has 0 saturated carbocycles. The van der Waals surface area contributed by atoms with Crippen molar-refractivity contribution in [3.8, 4) is 0 Å². The minimum atomic E-state index is -3.33. The van der Waals surface area contributed by atoms with Gasteiger partial charge < -0.3 is 9.05 Å². The Kier molecular flexibility index (Phi) is 7.13. The van der Waals surface area contributed by atoms with Crippen LogP contribution >= 0.6 is 42.4 Å². The van der Waals surface area contributed by atoms with Gasteiger partial charge in [-0.3, -0.25) is 4.57 Å². The molecule has 0 N–H and O–H groups in total. The van der Waals surface area contributed by atoms with Crippen LogP contribution in [-0.2, 0) is 13.6 Å². The summed E-state index contributed by atoms with van der Waals surface area (Å²) in [6.45, 7) is 6.56. The molecule has 0 heterocycles. The average Bonchev–Trinajstić information content (AvgIpc) is 2.11. The lowest BCUT2D eigenvalue weighted by atomic mass is 10.7. The summed E-state index contributed by atoms with van der Waals surface area (Å²) in [6, 6.07) is 0. The predicted molar refractivity (Wildman–Crippen MR) is 60.2 cm³/mol. The third kappa shape index (κ3) is 6.88. The standard InChI is InChI=1S/C7H10Cl3O3P/c1-6(9)3-12-14(11,5-8)13-4-7(2)10/h1-5H2. The van der Waals surface area contributed by atoms with E-state index in [9.17, 15) is 4.57 Å². The maximum atomic E-state index is 11.6. The van der Waals surface area contributed by atoms with Crippen molar-refractivity contribution in [2.24, 2.45) is 0 Å². The first-order valence-corrected chi connectivity index (χ1v) is 6.52. The highest BCUT2D eigenvalue weighted by Crippen LogP contribution is 2.49. The summed E-state index contributed by atoms with van der Waals surface area (Å²) in [6.07, 6.45) is 0. The molecule has 3 nitrogen and oxygen atoms in total. The third-order valence-corrected chi connectivity index (χ3v) is 3.42. The molecule has 0 aromatic rings. The lowest BCUT2D eigenvalue weighted by Gasteiger charge is -2.15. The lowest BCUT2D eigenvalue weighted by molar-refractivity contribution is 0.238. The summed E-state index contributed by atoms with van der Waals surface area (Å²) in [5.41, 5.74) is -0.276. The molecule has 14 heavy (non-hydrogen) atoms. The van der Waals surface area contributed by atoms with Crippen molar-refractivity contribution in [3.63, 3.8) is 0 Å². The maximum absolute atomic E-state index is 11.6. The second-order valence-corrected chi connectivity index (χ2v) is 6.08. The highest BCUT2D eigenvalue weighted by Gasteiger charge is 2.23. The Morgan fingerprint density at radius 2 is 1.50 bits per heavy atom. The van der Waals surface area contributed by atoms with E-state index in [0.29, 0.717) is 0 Å². The zero-order valence-corrected chi connectivity index (χ0v) is 10.5. The maximum Gasteiger partial charge on any atom is 0.346 e. The van der Waals surface area contributed by atoms with Gasteiger partial charge in [0, 0.05) is 10.1 Å². The number of hydrogen-bond donors (Lipinski definition) is 0. The van der Waals surface area contributed by atoms with E-state index in [1.807, 2.05) is 0 Å². The van der Waals surface area contributed by atoms with E-state index < -0.39 is 7.60 Å². The molecule has 0 atom stereocenters. The molecule has 0 amide bonds. The van der Waals surface area contributed by atoms with Crippen LogP contribution in [-0.4, -0.2) is 18.8 Å². The van der Waals surface area contributed by atoms with Crippen LogP contribution in [0, 0.1) is 0 Å². The molecule has 0 aliphatic heterocycles. The molecule has 0 aromatic heterocycles. The fraction of sp³-hybridized carbons (Fsp3) is 0.429. The number of halogens is 3. The average molecular weight is 279 g/mol. The van der Waals surface area contributed by atoms with E-state index in [0.717, 1.165) is 0 Å². The fourth-order valence-corrected chi connectivity index (χ4v) is 2.04. The van der Waals surface area contributed by atoms with Crippen molar-refractivity contribution >= 4 is 42.4 Å². The van der Waals surface area contributed by atoms with Crippen LogP contribution in [0.5, 0.6) is 0 Å². The van der Waals surface area contributed by atoms with Crippen LogP contribution in [0.25, 0.3) is 0 Å². The normalized spacial score (nSPS) is 11.4. The van der Waals surface area contributed by atoms with E-state index in [2.05, 4.69) is 13.2 Å². The van der Waals surface area contributed by atoms with E-state index in [1.54, 1.807) is 0 Å². The Labute approximate surface area is 98.1 Å². The first kappa shape index (κ1) is 14.5. The minimum Gasteiger partial charge on any atom is -0.302 e. The molecule has 0 aromatic carbocycles.